The Morgan fingerprint density at radius 1 is 1.14 bits per heavy atom. The number of nitrogens with two attached hydrogens (primary N) is 1. The minimum atomic E-state index is -0.0361. The Balaban J connectivity index is 1.71. The van der Waals surface area contributed by atoms with Crippen molar-refractivity contribution in [1.29, 1.82) is 0 Å². The first-order chi connectivity index (χ1) is 10.5. The van der Waals surface area contributed by atoms with Gasteiger partial charge < -0.3 is 15.9 Å². The molecule has 1 heterocycles. The number of benzene rings is 2. The Kier molecular flexibility index (Phi) is 3.94. The molecule has 0 spiro atoms. The van der Waals surface area contributed by atoms with Gasteiger partial charge in [-0.1, -0.05) is 12.1 Å². The number of anilines is 1. The second-order valence-electron chi connectivity index (χ2n) is 5.99. The molecule has 0 saturated carbocycles. The lowest BCUT2D eigenvalue weighted by molar-refractivity contribution is 0.200. The predicted octanol–water partition coefficient (Wildman–Crippen LogP) is 2.84. The van der Waals surface area contributed by atoms with Crippen LogP contribution < -0.4 is 5.73 Å². The van der Waals surface area contributed by atoms with Crippen LogP contribution in [0.1, 0.15) is 29.7 Å². The van der Waals surface area contributed by atoms with Crippen molar-refractivity contribution in [3.8, 4) is 11.5 Å². The largest absolute Gasteiger partial charge is 0.504 e. The SMILES string of the molecule is CC1c2cc(O)c(O)cc2CCN1CCc1ccc(N)cc1. The summed E-state index contributed by atoms with van der Waals surface area (Å²) in [5.41, 5.74) is 10.0. The number of rotatable bonds is 3. The Hall–Kier alpha value is -2.20. The minimum Gasteiger partial charge on any atom is -0.504 e. The summed E-state index contributed by atoms with van der Waals surface area (Å²) in [5, 5.41) is 19.4. The second-order valence-corrected chi connectivity index (χ2v) is 5.99. The number of fused-ring (bicyclic) bond motifs is 1. The third-order valence-corrected chi connectivity index (χ3v) is 4.57. The van der Waals surface area contributed by atoms with E-state index in [4.69, 9.17) is 5.73 Å². The summed E-state index contributed by atoms with van der Waals surface area (Å²) in [6.07, 6.45) is 1.87. The van der Waals surface area contributed by atoms with Crippen LogP contribution in [0, 0.1) is 0 Å². The van der Waals surface area contributed by atoms with Gasteiger partial charge in [0.05, 0.1) is 0 Å². The van der Waals surface area contributed by atoms with E-state index < -0.39 is 0 Å². The molecule has 0 aliphatic carbocycles. The molecule has 0 amide bonds. The molecule has 1 unspecified atom stereocenters. The minimum absolute atomic E-state index is 0.0266. The average molecular weight is 298 g/mol. The van der Waals surface area contributed by atoms with Gasteiger partial charge in [-0.05, 0) is 60.7 Å². The molecular weight excluding hydrogens is 276 g/mol. The van der Waals surface area contributed by atoms with Crippen LogP contribution in [0.25, 0.3) is 0 Å². The molecule has 0 saturated heterocycles. The summed E-state index contributed by atoms with van der Waals surface area (Å²) in [5.74, 6) is -0.0627. The van der Waals surface area contributed by atoms with E-state index in [2.05, 4.69) is 24.0 Å². The molecule has 0 fully saturated rings. The number of nitrogens with zero attached hydrogens (tertiary/aromatic N) is 1. The quantitative estimate of drug-likeness (QED) is 0.602. The lowest BCUT2D eigenvalue weighted by atomic mass is 9.92. The van der Waals surface area contributed by atoms with Gasteiger partial charge in [0.1, 0.15) is 0 Å². The van der Waals surface area contributed by atoms with Crippen LogP contribution in [-0.4, -0.2) is 28.2 Å². The molecule has 0 radical (unpaired) electrons. The Bertz CT molecular complexity index is 668. The fourth-order valence-corrected chi connectivity index (χ4v) is 3.16. The van der Waals surface area contributed by atoms with Crippen molar-refractivity contribution in [2.45, 2.75) is 25.8 Å². The first kappa shape index (κ1) is 14.7. The van der Waals surface area contributed by atoms with E-state index in [1.54, 1.807) is 12.1 Å². The molecule has 1 atom stereocenters. The first-order valence-electron chi connectivity index (χ1n) is 7.68. The number of phenols is 2. The molecule has 4 heteroatoms. The zero-order valence-corrected chi connectivity index (χ0v) is 12.8. The van der Waals surface area contributed by atoms with Crippen molar-refractivity contribution >= 4 is 5.69 Å². The van der Waals surface area contributed by atoms with E-state index in [-0.39, 0.29) is 17.5 Å². The molecule has 0 aromatic heterocycles. The topological polar surface area (TPSA) is 69.7 Å². The van der Waals surface area contributed by atoms with E-state index in [0.717, 1.165) is 42.7 Å². The molecule has 1 aliphatic heterocycles. The molecule has 116 valence electrons. The average Bonchev–Trinajstić information content (AvgIpc) is 2.50. The highest BCUT2D eigenvalue weighted by molar-refractivity contribution is 5.47. The van der Waals surface area contributed by atoms with E-state index in [1.165, 1.54) is 5.56 Å². The Labute approximate surface area is 130 Å². The van der Waals surface area contributed by atoms with Crippen molar-refractivity contribution in [3.63, 3.8) is 0 Å². The zero-order chi connectivity index (χ0) is 15.7. The molecule has 0 bridgehead atoms. The van der Waals surface area contributed by atoms with Crippen LogP contribution in [0.2, 0.25) is 0 Å². The fourth-order valence-electron chi connectivity index (χ4n) is 3.16. The highest BCUT2D eigenvalue weighted by atomic mass is 16.3. The molecule has 22 heavy (non-hydrogen) atoms. The lowest BCUT2D eigenvalue weighted by Gasteiger charge is -2.35. The highest BCUT2D eigenvalue weighted by Gasteiger charge is 2.24. The number of hydrogen-bond donors (Lipinski definition) is 3. The third-order valence-electron chi connectivity index (χ3n) is 4.57. The summed E-state index contributed by atoms with van der Waals surface area (Å²) >= 11 is 0. The smallest absolute Gasteiger partial charge is 0.157 e. The van der Waals surface area contributed by atoms with Crippen molar-refractivity contribution in [1.82, 2.24) is 4.90 Å². The summed E-state index contributed by atoms with van der Waals surface area (Å²) < 4.78 is 0. The zero-order valence-electron chi connectivity index (χ0n) is 12.8. The molecule has 1 aliphatic rings. The highest BCUT2D eigenvalue weighted by Crippen LogP contribution is 2.36. The first-order valence-corrected chi connectivity index (χ1v) is 7.68. The molecule has 3 rings (SSSR count). The molecule has 4 nitrogen and oxygen atoms in total. The maximum absolute atomic E-state index is 9.73. The molecule has 4 N–H and O–H groups in total. The normalized spacial score (nSPS) is 18.1. The molecular formula is C18H22N2O2. The van der Waals surface area contributed by atoms with Gasteiger partial charge in [-0.2, -0.15) is 0 Å². The molecule has 2 aromatic rings. The third kappa shape index (κ3) is 2.88. The standard InChI is InChI=1S/C18H22N2O2/c1-12-16-11-18(22)17(21)10-14(16)7-9-20(12)8-6-13-2-4-15(19)5-3-13/h2-5,10-12,21-22H,6-9,19H2,1H3. The monoisotopic (exact) mass is 298 g/mol. The van der Waals surface area contributed by atoms with Gasteiger partial charge in [0.25, 0.3) is 0 Å². The van der Waals surface area contributed by atoms with E-state index in [1.807, 2.05) is 12.1 Å². The van der Waals surface area contributed by atoms with Crippen molar-refractivity contribution in [3.05, 3.63) is 53.1 Å². The summed E-state index contributed by atoms with van der Waals surface area (Å²) in [4.78, 5) is 2.41. The van der Waals surface area contributed by atoms with Crippen molar-refractivity contribution < 1.29 is 10.2 Å². The van der Waals surface area contributed by atoms with E-state index >= 15 is 0 Å². The summed E-state index contributed by atoms with van der Waals surface area (Å²) in [6.45, 7) is 4.08. The van der Waals surface area contributed by atoms with Gasteiger partial charge in [-0.15, -0.1) is 0 Å². The van der Waals surface area contributed by atoms with Crippen LogP contribution in [0.5, 0.6) is 11.5 Å². The number of nitrogen functional groups attached to an aromatic ring is 1. The number of phenolic OH excluding ortho intramolecular Hbond substituents is 2. The van der Waals surface area contributed by atoms with E-state index in [0.29, 0.717) is 0 Å². The second kappa shape index (κ2) is 5.89. The maximum atomic E-state index is 9.73. The van der Waals surface area contributed by atoms with Gasteiger partial charge in [0.2, 0.25) is 0 Å². The van der Waals surface area contributed by atoms with Gasteiger partial charge in [0.15, 0.2) is 11.5 Å². The van der Waals surface area contributed by atoms with Gasteiger partial charge in [0, 0.05) is 24.8 Å². The Morgan fingerprint density at radius 3 is 2.55 bits per heavy atom. The lowest BCUT2D eigenvalue weighted by Crippen LogP contribution is -2.35. The van der Waals surface area contributed by atoms with Gasteiger partial charge >= 0.3 is 0 Å². The summed E-state index contributed by atoms with van der Waals surface area (Å²) in [7, 11) is 0. The van der Waals surface area contributed by atoms with Gasteiger partial charge in [-0.25, -0.2) is 0 Å². The number of aromatic hydroxyl groups is 2. The number of hydrogen-bond acceptors (Lipinski definition) is 4. The van der Waals surface area contributed by atoms with Gasteiger partial charge in [-0.3, -0.25) is 4.90 Å². The van der Waals surface area contributed by atoms with Crippen LogP contribution >= 0.6 is 0 Å². The van der Waals surface area contributed by atoms with Crippen molar-refractivity contribution in [2.75, 3.05) is 18.8 Å². The van der Waals surface area contributed by atoms with E-state index in [9.17, 15) is 10.2 Å². The van der Waals surface area contributed by atoms with Crippen LogP contribution in [-0.2, 0) is 12.8 Å². The maximum Gasteiger partial charge on any atom is 0.157 e. The van der Waals surface area contributed by atoms with Crippen LogP contribution in [0.15, 0.2) is 36.4 Å². The van der Waals surface area contributed by atoms with Crippen molar-refractivity contribution in [2.24, 2.45) is 0 Å². The summed E-state index contributed by atoms with van der Waals surface area (Å²) in [6, 6.07) is 11.6. The van der Waals surface area contributed by atoms with Crippen LogP contribution in [0.4, 0.5) is 5.69 Å². The molecule has 2 aromatic carbocycles. The predicted molar refractivity (Wildman–Crippen MR) is 88.0 cm³/mol. The Morgan fingerprint density at radius 2 is 1.82 bits per heavy atom. The van der Waals surface area contributed by atoms with Crippen LogP contribution in [0.3, 0.4) is 0 Å². The fraction of sp³-hybridized carbons (Fsp3) is 0.333.